The Kier molecular flexibility index (Phi) is 8.83. The normalized spacial score (nSPS) is 17.0. The third kappa shape index (κ3) is 7.10. The first-order valence-electron chi connectivity index (χ1n) is 11.6. The summed E-state index contributed by atoms with van der Waals surface area (Å²) in [7, 11) is 0. The number of rotatable bonds is 8. The van der Waals surface area contributed by atoms with E-state index in [9.17, 15) is 14.9 Å². The molecule has 1 amide bonds. The minimum atomic E-state index is -0.609. The van der Waals surface area contributed by atoms with Gasteiger partial charge < -0.3 is 19.7 Å². The van der Waals surface area contributed by atoms with Gasteiger partial charge in [-0.2, -0.15) is 4.98 Å². The standard InChI is InChI=1S/C22H31Cl2N7O5/c1-13(26-18-16(23)11-25-20(24)27-18)8-10-35-19-17(31(33)34)14(2)30(28-19)15-7-6-9-29(12-15)21(32)36-22(3,4)5/h11,13,15H,6-10,12H2,1-5H3,(H,25,26,27)/t13-,15?/m1/s1. The van der Waals surface area contributed by atoms with Crippen LogP contribution >= 0.6 is 23.2 Å². The molecule has 1 saturated heterocycles. The quantitative estimate of drug-likeness (QED) is 0.275. The maximum absolute atomic E-state index is 12.5. The predicted molar refractivity (Wildman–Crippen MR) is 135 cm³/mol. The van der Waals surface area contributed by atoms with Crippen molar-refractivity contribution in [2.45, 2.75) is 71.6 Å². The zero-order chi connectivity index (χ0) is 26.6. The second-order valence-corrected chi connectivity index (χ2v) is 10.4. The summed E-state index contributed by atoms with van der Waals surface area (Å²) >= 11 is 11.9. The van der Waals surface area contributed by atoms with Crippen LogP contribution in [-0.4, -0.2) is 67.0 Å². The van der Waals surface area contributed by atoms with Crippen LogP contribution in [0.1, 0.15) is 58.7 Å². The molecule has 14 heteroatoms. The number of nitrogens with one attached hydrogen (secondary N) is 1. The summed E-state index contributed by atoms with van der Waals surface area (Å²) in [5, 5.41) is 19.7. The Bertz CT molecular complexity index is 1110. The first-order valence-corrected chi connectivity index (χ1v) is 12.4. The van der Waals surface area contributed by atoms with Crippen molar-refractivity contribution in [2.24, 2.45) is 0 Å². The molecule has 0 aromatic carbocycles. The van der Waals surface area contributed by atoms with Crippen molar-refractivity contribution >= 4 is 40.8 Å². The molecule has 0 aliphatic carbocycles. The van der Waals surface area contributed by atoms with Gasteiger partial charge in [-0.1, -0.05) is 11.6 Å². The molecule has 0 radical (unpaired) electrons. The lowest BCUT2D eigenvalue weighted by Crippen LogP contribution is -2.43. The number of carbonyl (C=O) groups is 1. The van der Waals surface area contributed by atoms with Gasteiger partial charge in [-0.15, -0.1) is 5.10 Å². The van der Waals surface area contributed by atoms with Crippen LogP contribution in [0.5, 0.6) is 5.88 Å². The molecule has 1 aliphatic rings. The summed E-state index contributed by atoms with van der Waals surface area (Å²) in [5.74, 6) is 0.337. The number of anilines is 1. The molecule has 0 bridgehead atoms. The summed E-state index contributed by atoms with van der Waals surface area (Å²) in [5.41, 5.74) is -0.419. The molecule has 1 fully saturated rings. The average molecular weight is 544 g/mol. The second-order valence-electron chi connectivity index (χ2n) is 9.68. The summed E-state index contributed by atoms with van der Waals surface area (Å²) in [6, 6.07) is -0.357. The van der Waals surface area contributed by atoms with Crippen LogP contribution in [-0.2, 0) is 4.74 Å². The Morgan fingerprint density at radius 1 is 1.39 bits per heavy atom. The minimum Gasteiger partial charge on any atom is -0.472 e. The molecule has 1 unspecified atom stereocenters. The highest BCUT2D eigenvalue weighted by molar-refractivity contribution is 6.33. The molecule has 198 valence electrons. The van der Waals surface area contributed by atoms with Crippen molar-refractivity contribution in [1.29, 1.82) is 0 Å². The molecule has 36 heavy (non-hydrogen) atoms. The van der Waals surface area contributed by atoms with Gasteiger partial charge in [0.05, 0.1) is 23.8 Å². The summed E-state index contributed by atoms with van der Waals surface area (Å²) < 4.78 is 12.8. The molecular formula is C22H31Cl2N7O5. The van der Waals surface area contributed by atoms with Crippen LogP contribution in [0.25, 0.3) is 0 Å². The molecular weight excluding hydrogens is 513 g/mol. The third-order valence-electron chi connectivity index (χ3n) is 5.55. The van der Waals surface area contributed by atoms with Crippen molar-refractivity contribution in [2.75, 3.05) is 25.0 Å². The first-order chi connectivity index (χ1) is 16.9. The number of carbonyl (C=O) groups excluding carboxylic acids is 1. The van der Waals surface area contributed by atoms with Gasteiger partial charge in [-0.3, -0.25) is 14.8 Å². The molecule has 2 atom stereocenters. The van der Waals surface area contributed by atoms with Gasteiger partial charge in [0, 0.05) is 25.6 Å². The number of ether oxygens (including phenoxy) is 2. The highest BCUT2D eigenvalue weighted by atomic mass is 35.5. The third-order valence-corrected chi connectivity index (χ3v) is 6.01. The van der Waals surface area contributed by atoms with Gasteiger partial charge in [0.25, 0.3) is 0 Å². The van der Waals surface area contributed by atoms with Gasteiger partial charge in [-0.05, 0) is 59.1 Å². The van der Waals surface area contributed by atoms with Crippen molar-refractivity contribution in [3.8, 4) is 5.88 Å². The predicted octanol–water partition coefficient (Wildman–Crippen LogP) is 5.04. The molecule has 1 aliphatic heterocycles. The van der Waals surface area contributed by atoms with Gasteiger partial charge in [-0.25, -0.2) is 9.78 Å². The van der Waals surface area contributed by atoms with Crippen molar-refractivity contribution < 1.29 is 19.2 Å². The fourth-order valence-corrected chi connectivity index (χ4v) is 4.16. The minimum absolute atomic E-state index is 0.0535. The number of amides is 1. The van der Waals surface area contributed by atoms with E-state index in [1.807, 2.05) is 27.7 Å². The number of nitro groups is 1. The number of piperidine rings is 1. The SMILES string of the molecule is Cc1c([N+](=O)[O-])c(OCC[C@@H](C)Nc2nc(Cl)ncc2Cl)nn1C1CCCN(C(=O)OC(C)(C)C)C1. The van der Waals surface area contributed by atoms with Crippen LogP contribution in [0.2, 0.25) is 10.3 Å². The van der Waals surface area contributed by atoms with Crippen molar-refractivity contribution in [3.63, 3.8) is 0 Å². The maximum atomic E-state index is 12.5. The van der Waals surface area contributed by atoms with Gasteiger partial charge in [0.15, 0.2) is 0 Å². The number of aromatic nitrogens is 4. The van der Waals surface area contributed by atoms with E-state index in [1.165, 1.54) is 6.20 Å². The second kappa shape index (κ2) is 11.5. The number of halogens is 2. The van der Waals surface area contributed by atoms with Gasteiger partial charge in [0.1, 0.15) is 22.1 Å². The lowest BCUT2D eigenvalue weighted by atomic mass is 10.1. The Labute approximate surface area is 219 Å². The maximum Gasteiger partial charge on any atom is 0.410 e. The smallest absolute Gasteiger partial charge is 0.410 e. The highest BCUT2D eigenvalue weighted by Crippen LogP contribution is 2.34. The number of hydrogen-bond acceptors (Lipinski definition) is 9. The highest BCUT2D eigenvalue weighted by Gasteiger charge is 2.34. The zero-order valence-corrected chi connectivity index (χ0v) is 22.5. The van der Waals surface area contributed by atoms with Crippen LogP contribution in [0, 0.1) is 17.0 Å². The molecule has 3 rings (SSSR count). The Balaban J connectivity index is 1.67. The molecule has 0 saturated carbocycles. The van der Waals surface area contributed by atoms with Gasteiger partial charge in [0.2, 0.25) is 5.28 Å². The van der Waals surface area contributed by atoms with Crippen LogP contribution in [0.15, 0.2) is 6.20 Å². The molecule has 12 nitrogen and oxygen atoms in total. The van der Waals surface area contributed by atoms with E-state index in [0.717, 1.165) is 12.8 Å². The fourth-order valence-electron chi connectivity index (χ4n) is 3.88. The fraction of sp³-hybridized carbons (Fsp3) is 0.636. The zero-order valence-electron chi connectivity index (χ0n) is 21.0. The molecule has 2 aromatic heterocycles. The molecule has 2 aromatic rings. The van der Waals surface area contributed by atoms with Crippen molar-refractivity contribution in [1.82, 2.24) is 24.6 Å². The largest absolute Gasteiger partial charge is 0.472 e. The summed E-state index contributed by atoms with van der Waals surface area (Å²) in [4.78, 5) is 33.3. The van der Waals surface area contributed by atoms with E-state index in [1.54, 1.807) is 16.5 Å². The topological polar surface area (TPSA) is 138 Å². The van der Waals surface area contributed by atoms with E-state index in [4.69, 9.17) is 32.7 Å². The summed E-state index contributed by atoms with van der Waals surface area (Å²) in [6.45, 7) is 10.0. The van der Waals surface area contributed by atoms with E-state index in [-0.39, 0.29) is 35.5 Å². The number of nitrogens with zero attached hydrogens (tertiary/aromatic N) is 6. The van der Waals surface area contributed by atoms with Crippen LogP contribution in [0.3, 0.4) is 0 Å². The summed E-state index contributed by atoms with van der Waals surface area (Å²) in [6.07, 6.45) is 2.93. The Hall–Kier alpha value is -2.86. The Morgan fingerprint density at radius 3 is 2.78 bits per heavy atom. The van der Waals surface area contributed by atoms with Gasteiger partial charge >= 0.3 is 17.7 Å². The molecule has 0 spiro atoms. The lowest BCUT2D eigenvalue weighted by molar-refractivity contribution is -0.386. The van der Waals surface area contributed by atoms with E-state index < -0.39 is 16.6 Å². The van der Waals surface area contributed by atoms with Crippen LogP contribution < -0.4 is 10.1 Å². The number of likely N-dealkylation sites (tertiary alicyclic amines) is 1. The van der Waals surface area contributed by atoms with E-state index in [0.29, 0.717) is 36.0 Å². The van der Waals surface area contributed by atoms with E-state index in [2.05, 4.69) is 20.4 Å². The van der Waals surface area contributed by atoms with E-state index >= 15 is 0 Å². The molecule has 1 N–H and O–H groups in total. The monoisotopic (exact) mass is 543 g/mol. The Morgan fingerprint density at radius 2 is 2.11 bits per heavy atom. The lowest BCUT2D eigenvalue weighted by Gasteiger charge is -2.34. The number of hydrogen-bond donors (Lipinski definition) is 1. The van der Waals surface area contributed by atoms with Crippen molar-refractivity contribution in [3.05, 3.63) is 32.3 Å². The van der Waals surface area contributed by atoms with Crippen LogP contribution in [0.4, 0.5) is 16.3 Å². The first kappa shape index (κ1) is 27.7. The average Bonchev–Trinajstić information content (AvgIpc) is 3.11. The molecule has 3 heterocycles.